The van der Waals surface area contributed by atoms with E-state index in [9.17, 15) is 4.79 Å². The van der Waals surface area contributed by atoms with Gasteiger partial charge in [0.25, 0.3) is 0 Å². The number of carbonyl (C=O) groups is 1. The lowest BCUT2D eigenvalue weighted by Crippen LogP contribution is -2.35. The minimum absolute atomic E-state index is 0.311. The maximum atomic E-state index is 11.9. The van der Waals surface area contributed by atoms with Gasteiger partial charge in [-0.2, -0.15) is 0 Å². The Balaban J connectivity index is 2.21. The van der Waals surface area contributed by atoms with Crippen LogP contribution in [0, 0.1) is 18.3 Å². The van der Waals surface area contributed by atoms with Crippen molar-refractivity contribution < 1.29 is 4.79 Å². The Labute approximate surface area is 112 Å². The van der Waals surface area contributed by atoms with E-state index in [1.165, 1.54) is 12.8 Å². The molecule has 1 fully saturated rings. The van der Waals surface area contributed by atoms with E-state index >= 15 is 0 Å². The highest BCUT2D eigenvalue weighted by atomic mass is 16.2. The molecular weight excluding hydrogens is 224 g/mol. The first-order valence-corrected chi connectivity index (χ1v) is 7.14. The number of hydrogen-bond donors (Lipinski definition) is 0. The Bertz CT molecular complexity index is 283. The summed E-state index contributed by atoms with van der Waals surface area (Å²) >= 11 is 0. The van der Waals surface area contributed by atoms with Crippen molar-refractivity contribution in [3.05, 3.63) is 0 Å². The van der Waals surface area contributed by atoms with E-state index in [0.717, 1.165) is 39.1 Å². The molecule has 1 heterocycles. The smallest absolute Gasteiger partial charge is 0.222 e. The number of amides is 1. The molecule has 102 valence electrons. The van der Waals surface area contributed by atoms with Crippen LogP contribution < -0.4 is 0 Å². The Hall–Kier alpha value is -1.01. The lowest BCUT2D eigenvalue weighted by molar-refractivity contribution is -0.131. The molecule has 1 rings (SSSR count). The van der Waals surface area contributed by atoms with Gasteiger partial charge in [0, 0.05) is 19.5 Å². The van der Waals surface area contributed by atoms with Crippen LogP contribution in [0.1, 0.15) is 39.5 Å². The van der Waals surface area contributed by atoms with Gasteiger partial charge < -0.3 is 4.90 Å². The number of rotatable bonds is 6. The summed E-state index contributed by atoms with van der Waals surface area (Å²) in [6.07, 6.45) is 9.44. The number of hydrogen-bond acceptors (Lipinski definition) is 2. The number of likely N-dealkylation sites (tertiary alicyclic amines) is 1. The molecule has 0 saturated carbocycles. The second-order valence-corrected chi connectivity index (χ2v) is 5.03. The van der Waals surface area contributed by atoms with E-state index in [1.807, 2.05) is 18.7 Å². The normalized spacial score (nSPS) is 17.4. The predicted octanol–water partition coefficient (Wildman–Crippen LogP) is 1.98. The molecule has 0 radical (unpaired) electrons. The topological polar surface area (TPSA) is 23.6 Å². The van der Waals surface area contributed by atoms with E-state index in [-0.39, 0.29) is 0 Å². The molecule has 0 spiro atoms. The van der Waals surface area contributed by atoms with Crippen LogP contribution >= 0.6 is 0 Å². The fourth-order valence-electron chi connectivity index (χ4n) is 2.62. The second kappa shape index (κ2) is 8.16. The maximum absolute atomic E-state index is 11.9. The van der Waals surface area contributed by atoms with Gasteiger partial charge in [-0.25, -0.2) is 0 Å². The fourth-order valence-corrected chi connectivity index (χ4v) is 2.62. The van der Waals surface area contributed by atoms with E-state index in [1.54, 1.807) is 0 Å². The third kappa shape index (κ3) is 4.70. The van der Waals surface area contributed by atoms with Gasteiger partial charge in [-0.1, -0.05) is 5.92 Å². The van der Waals surface area contributed by atoms with Gasteiger partial charge in [-0.15, -0.1) is 6.42 Å². The van der Waals surface area contributed by atoms with Crippen LogP contribution in [0.3, 0.4) is 0 Å². The number of piperidine rings is 1. The van der Waals surface area contributed by atoms with Crippen LogP contribution in [0.4, 0.5) is 0 Å². The summed E-state index contributed by atoms with van der Waals surface area (Å²) in [5.41, 5.74) is 0. The van der Waals surface area contributed by atoms with Crippen LogP contribution in [-0.4, -0.2) is 48.4 Å². The summed E-state index contributed by atoms with van der Waals surface area (Å²) in [7, 11) is 0. The largest absolute Gasteiger partial charge is 0.343 e. The summed E-state index contributed by atoms with van der Waals surface area (Å²) in [6, 6.07) is 0. The molecule has 0 aliphatic carbocycles. The average molecular weight is 250 g/mol. The van der Waals surface area contributed by atoms with Crippen molar-refractivity contribution in [2.24, 2.45) is 5.92 Å². The Morgan fingerprint density at radius 2 is 1.94 bits per heavy atom. The minimum atomic E-state index is 0.311. The summed E-state index contributed by atoms with van der Waals surface area (Å²) in [4.78, 5) is 16.1. The molecule has 1 aliphatic rings. The predicted molar refractivity (Wildman–Crippen MR) is 75.2 cm³/mol. The highest BCUT2D eigenvalue weighted by molar-refractivity contribution is 5.76. The lowest BCUT2D eigenvalue weighted by Gasteiger charge is -2.30. The molecule has 3 heteroatoms. The van der Waals surface area contributed by atoms with Gasteiger partial charge in [0.2, 0.25) is 5.91 Å². The van der Waals surface area contributed by atoms with E-state index in [0.29, 0.717) is 18.2 Å². The van der Waals surface area contributed by atoms with Crippen molar-refractivity contribution in [2.45, 2.75) is 39.5 Å². The summed E-state index contributed by atoms with van der Waals surface area (Å²) in [5, 5.41) is 0. The molecule has 3 nitrogen and oxygen atoms in total. The van der Waals surface area contributed by atoms with E-state index in [2.05, 4.69) is 10.8 Å². The first kappa shape index (κ1) is 15.0. The Kier molecular flexibility index (Phi) is 6.82. The first-order valence-electron chi connectivity index (χ1n) is 7.14. The quantitative estimate of drug-likeness (QED) is 0.673. The first-order chi connectivity index (χ1) is 8.71. The molecule has 0 aromatic carbocycles. The third-order valence-corrected chi connectivity index (χ3v) is 3.90. The lowest BCUT2D eigenvalue weighted by atomic mass is 9.92. The molecule has 0 unspecified atom stereocenters. The zero-order chi connectivity index (χ0) is 13.4. The molecule has 0 atom stereocenters. The van der Waals surface area contributed by atoms with Gasteiger partial charge in [0.05, 0.1) is 6.54 Å². The Morgan fingerprint density at radius 3 is 2.44 bits per heavy atom. The summed E-state index contributed by atoms with van der Waals surface area (Å²) in [5.74, 6) is 3.72. The van der Waals surface area contributed by atoms with Gasteiger partial charge in [0.1, 0.15) is 0 Å². The van der Waals surface area contributed by atoms with Gasteiger partial charge in [-0.3, -0.25) is 9.69 Å². The van der Waals surface area contributed by atoms with Crippen molar-refractivity contribution in [1.29, 1.82) is 0 Å². The van der Waals surface area contributed by atoms with Gasteiger partial charge in [0.15, 0.2) is 0 Å². The van der Waals surface area contributed by atoms with Crippen molar-refractivity contribution >= 4 is 5.91 Å². The molecule has 1 aliphatic heterocycles. The van der Waals surface area contributed by atoms with E-state index in [4.69, 9.17) is 6.42 Å². The molecule has 0 N–H and O–H groups in total. The summed E-state index contributed by atoms with van der Waals surface area (Å²) < 4.78 is 0. The molecule has 0 bridgehead atoms. The van der Waals surface area contributed by atoms with Crippen molar-refractivity contribution in [1.82, 2.24) is 9.80 Å². The average Bonchev–Trinajstić information content (AvgIpc) is 2.40. The number of terminal acetylenes is 1. The molecule has 0 aromatic heterocycles. The number of nitrogens with zero attached hydrogens (tertiary/aromatic N) is 2. The highest BCUT2D eigenvalue weighted by Crippen LogP contribution is 2.22. The molecular formula is C15H26N2O. The third-order valence-electron chi connectivity index (χ3n) is 3.90. The standard InChI is InChI=1S/C15H26N2O/c1-4-11-16-12-9-14(10-13-16)7-8-15(18)17(5-2)6-3/h1,14H,5-13H2,2-3H3. The fraction of sp³-hybridized carbons (Fsp3) is 0.800. The monoisotopic (exact) mass is 250 g/mol. The summed E-state index contributed by atoms with van der Waals surface area (Å²) in [6.45, 7) is 8.69. The zero-order valence-corrected chi connectivity index (χ0v) is 11.8. The minimum Gasteiger partial charge on any atom is -0.343 e. The zero-order valence-electron chi connectivity index (χ0n) is 11.8. The molecule has 0 aromatic rings. The van der Waals surface area contributed by atoms with Crippen LogP contribution in [0.25, 0.3) is 0 Å². The molecule has 1 saturated heterocycles. The van der Waals surface area contributed by atoms with Crippen LogP contribution in [0.15, 0.2) is 0 Å². The van der Waals surface area contributed by atoms with Gasteiger partial charge >= 0.3 is 0 Å². The van der Waals surface area contributed by atoms with E-state index < -0.39 is 0 Å². The van der Waals surface area contributed by atoms with Crippen molar-refractivity contribution in [3.8, 4) is 12.3 Å². The second-order valence-electron chi connectivity index (χ2n) is 5.03. The van der Waals surface area contributed by atoms with Crippen LogP contribution in [0.5, 0.6) is 0 Å². The maximum Gasteiger partial charge on any atom is 0.222 e. The SMILES string of the molecule is C#CCN1CCC(CCC(=O)N(CC)CC)CC1. The van der Waals surface area contributed by atoms with Gasteiger partial charge in [-0.05, 0) is 52.1 Å². The van der Waals surface area contributed by atoms with Crippen LogP contribution in [0.2, 0.25) is 0 Å². The highest BCUT2D eigenvalue weighted by Gasteiger charge is 2.20. The Morgan fingerprint density at radius 1 is 1.33 bits per heavy atom. The molecule has 18 heavy (non-hydrogen) atoms. The van der Waals surface area contributed by atoms with Crippen molar-refractivity contribution in [2.75, 3.05) is 32.7 Å². The van der Waals surface area contributed by atoms with Crippen LogP contribution in [-0.2, 0) is 4.79 Å². The molecule has 1 amide bonds. The van der Waals surface area contributed by atoms with Crippen molar-refractivity contribution in [3.63, 3.8) is 0 Å². The number of carbonyl (C=O) groups excluding carboxylic acids is 1.